The Balaban J connectivity index is 1.79. The van der Waals surface area contributed by atoms with Gasteiger partial charge in [0.25, 0.3) is 11.8 Å². The van der Waals surface area contributed by atoms with Crippen LogP contribution in [0.1, 0.15) is 20.0 Å². The van der Waals surface area contributed by atoms with Crippen LogP contribution in [0.2, 0.25) is 0 Å². The lowest BCUT2D eigenvalue weighted by molar-refractivity contribution is -0.123. The molecule has 0 aromatic carbocycles. The Hall–Kier alpha value is -2.41. The molecular weight excluding hydrogens is 270 g/mol. The highest BCUT2D eigenvalue weighted by atomic mass is 32.1. The van der Waals surface area contributed by atoms with Gasteiger partial charge in [0.2, 0.25) is 0 Å². The average Bonchev–Trinajstić information content (AvgIpc) is 3.07. The van der Waals surface area contributed by atoms with Gasteiger partial charge in [0.1, 0.15) is 6.26 Å². The van der Waals surface area contributed by atoms with E-state index in [4.69, 9.17) is 9.15 Å². The van der Waals surface area contributed by atoms with Crippen LogP contribution < -0.4 is 5.32 Å². The number of nitrogens with one attached hydrogen (secondary N) is 1. The van der Waals surface area contributed by atoms with Crippen molar-refractivity contribution in [1.82, 2.24) is 5.32 Å². The summed E-state index contributed by atoms with van der Waals surface area (Å²) >= 11 is 1.21. The van der Waals surface area contributed by atoms with Gasteiger partial charge in [-0.1, -0.05) is 6.07 Å². The number of hydrogen-bond acceptors (Lipinski definition) is 6. The van der Waals surface area contributed by atoms with Gasteiger partial charge in [0.05, 0.1) is 16.7 Å². The van der Waals surface area contributed by atoms with Gasteiger partial charge in [-0.25, -0.2) is 4.79 Å². The normalized spacial score (nSPS) is 9.89. The van der Waals surface area contributed by atoms with Crippen LogP contribution in [-0.2, 0) is 9.53 Å². The molecular formula is C12H9NO5S. The SMILES string of the molecule is O=C(COC(=O)c1ccoc1)NC(=O)c1cccs1. The minimum atomic E-state index is -0.688. The van der Waals surface area contributed by atoms with Crippen LogP contribution in [0.3, 0.4) is 0 Å². The number of furan rings is 1. The van der Waals surface area contributed by atoms with Crippen LogP contribution in [0.4, 0.5) is 0 Å². The van der Waals surface area contributed by atoms with Crippen LogP contribution in [0.25, 0.3) is 0 Å². The molecule has 19 heavy (non-hydrogen) atoms. The Morgan fingerprint density at radius 3 is 2.79 bits per heavy atom. The Kier molecular flexibility index (Phi) is 4.09. The third-order valence-corrected chi connectivity index (χ3v) is 2.96. The molecule has 98 valence electrons. The lowest BCUT2D eigenvalue weighted by Gasteiger charge is -2.03. The van der Waals surface area contributed by atoms with Gasteiger partial charge in [-0.2, -0.15) is 0 Å². The zero-order valence-electron chi connectivity index (χ0n) is 9.62. The first-order valence-electron chi connectivity index (χ1n) is 5.24. The van der Waals surface area contributed by atoms with E-state index < -0.39 is 24.4 Å². The second-order valence-corrected chi connectivity index (χ2v) is 4.39. The third-order valence-electron chi connectivity index (χ3n) is 2.09. The van der Waals surface area contributed by atoms with E-state index >= 15 is 0 Å². The summed E-state index contributed by atoms with van der Waals surface area (Å²) in [5.74, 6) is -1.89. The molecule has 0 aliphatic carbocycles. The van der Waals surface area contributed by atoms with E-state index in [1.807, 2.05) is 0 Å². The van der Waals surface area contributed by atoms with Gasteiger partial charge in [-0.3, -0.25) is 14.9 Å². The summed E-state index contributed by atoms with van der Waals surface area (Å²) in [5, 5.41) is 3.84. The standard InChI is InChI=1S/C12H9NO5S/c14-10(13-11(15)9-2-1-5-19-9)7-18-12(16)8-3-4-17-6-8/h1-6H,7H2,(H,13,14,15). The van der Waals surface area contributed by atoms with Crippen molar-refractivity contribution in [2.75, 3.05) is 6.61 Å². The van der Waals surface area contributed by atoms with E-state index in [9.17, 15) is 14.4 Å². The van der Waals surface area contributed by atoms with Crippen LogP contribution in [0, 0.1) is 0 Å². The van der Waals surface area contributed by atoms with Crippen molar-refractivity contribution in [3.63, 3.8) is 0 Å². The van der Waals surface area contributed by atoms with E-state index in [2.05, 4.69) is 5.32 Å². The van der Waals surface area contributed by atoms with Gasteiger partial charge in [0.15, 0.2) is 6.61 Å². The molecule has 2 aromatic rings. The summed E-state index contributed by atoms with van der Waals surface area (Å²) in [7, 11) is 0. The summed E-state index contributed by atoms with van der Waals surface area (Å²) in [6, 6.07) is 4.70. The van der Waals surface area contributed by atoms with Crippen LogP contribution >= 0.6 is 11.3 Å². The maximum Gasteiger partial charge on any atom is 0.341 e. The summed E-state index contributed by atoms with van der Waals surface area (Å²) < 4.78 is 9.41. The minimum Gasteiger partial charge on any atom is -0.472 e. The fourth-order valence-corrected chi connectivity index (χ4v) is 1.85. The van der Waals surface area contributed by atoms with Crippen LogP contribution in [-0.4, -0.2) is 24.4 Å². The van der Waals surface area contributed by atoms with Crippen molar-refractivity contribution in [2.24, 2.45) is 0 Å². The topological polar surface area (TPSA) is 85.6 Å². The van der Waals surface area contributed by atoms with Crippen molar-refractivity contribution in [2.45, 2.75) is 0 Å². The van der Waals surface area contributed by atoms with Crippen molar-refractivity contribution < 1.29 is 23.5 Å². The molecule has 0 saturated carbocycles. The first-order chi connectivity index (χ1) is 9.16. The molecule has 6 nitrogen and oxygen atoms in total. The molecule has 0 aliphatic heterocycles. The largest absolute Gasteiger partial charge is 0.472 e. The number of esters is 1. The van der Waals surface area contributed by atoms with Crippen LogP contribution in [0.5, 0.6) is 0 Å². The number of ether oxygens (including phenoxy) is 1. The smallest absolute Gasteiger partial charge is 0.341 e. The lowest BCUT2D eigenvalue weighted by Crippen LogP contribution is -2.33. The molecule has 2 rings (SSSR count). The molecule has 2 amide bonds. The molecule has 0 fully saturated rings. The monoisotopic (exact) mass is 279 g/mol. The van der Waals surface area contributed by atoms with Gasteiger partial charge >= 0.3 is 5.97 Å². The summed E-state index contributed by atoms with van der Waals surface area (Å²) in [6.07, 6.45) is 2.52. The predicted octanol–water partition coefficient (Wildman–Crippen LogP) is 1.45. The summed E-state index contributed by atoms with van der Waals surface area (Å²) in [4.78, 5) is 34.7. The van der Waals surface area contributed by atoms with Crippen molar-refractivity contribution >= 4 is 29.1 Å². The number of rotatable bonds is 4. The second kappa shape index (κ2) is 5.96. The highest BCUT2D eigenvalue weighted by Gasteiger charge is 2.14. The first kappa shape index (κ1) is 13.0. The Bertz CT molecular complexity index is 573. The number of amides is 2. The number of imide groups is 1. The molecule has 0 radical (unpaired) electrons. The average molecular weight is 279 g/mol. The van der Waals surface area contributed by atoms with Crippen molar-refractivity contribution in [3.05, 3.63) is 46.5 Å². The van der Waals surface area contributed by atoms with Gasteiger partial charge in [0, 0.05) is 0 Å². The quantitative estimate of drug-likeness (QED) is 0.856. The first-order valence-corrected chi connectivity index (χ1v) is 6.12. The zero-order valence-corrected chi connectivity index (χ0v) is 10.4. The van der Waals surface area contributed by atoms with E-state index in [0.29, 0.717) is 4.88 Å². The molecule has 0 atom stereocenters. The molecule has 0 bridgehead atoms. The summed E-state index contributed by atoms with van der Waals surface area (Å²) in [5.41, 5.74) is 0.206. The fourth-order valence-electron chi connectivity index (χ4n) is 1.23. The molecule has 0 unspecified atom stereocenters. The van der Waals surface area contributed by atoms with E-state index in [-0.39, 0.29) is 5.56 Å². The molecule has 0 saturated heterocycles. The van der Waals surface area contributed by atoms with Gasteiger partial charge < -0.3 is 9.15 Å². The van der Waals surface area contributed by atoms with Crippen molar-refractivity contribution in [1.29, 1.82) is 0 Å². The van der Waals surface area contributed by atoms with Crippen LogP contribution in [0.15, 0.2) is 40.5 Å². The maximum absolute atomic E-state index is 11.5. The molecule has 0 spiro atoms. The number of thiophene rings is 1. The third kappa shape index (κ3) is 3.52. The summed E-state index contributed by atoms with van der Waals surface area (Å²) in [6.45, 7) is -0.527. The maximum atomic E-state index is 11.5. The van der Waals surface area contributed by atoms with Gasteiger partial charge in [-0.15, -0.1) is 11.3 Å². The molecule has 2 aromatic heterocycles. The highest BCUT2D eigenvalue weighted by Crippen LogP contribution is 2.07. The van der Waals surface area contributed by atoms with Crippen molar-refractivity contribution in [3.8, 4) is 0 Å². The highest BCUT2D eigenvalue weighted by molar-refractivity contribution is 7.12. The molecule has 7 heteroatoms. The zero-order chi connectivity index (χ0) is 13.7. The Morgan fingerprint density at radius 1 is 1.32 bits per heavy atom. The Morgan fingerprint density at radius 2 is 2.16 bits per heavy atom. The van der Waals surface area contributed by atoms with E-state index in [1.54, 1.807) is 17.5 Å². The minimum absolute atomic E-state index is 0.206. The predicted molar refractivity (Wildman–Crippen MR) is 65.8 cm³/mol. The molecule has 1 N–H and O–H groups in total. The fraction of sp³-hybridized carbons (Fsp3) is 0.0833. The lowest BCUT2D eigenvalue weighted by atomic mass is 10.3. The Labute approximate surface area is 112 Å². The second-order valence-electron chi connectivity index (χ2n) is 3.44. The number of carbonyl (C=O) groups is 3. The van der Waals surface area contributed by atoms with E-state index in [0.717, 1.165) is 0 Å². The number of carbonyl (C=O) groups excluding carboxylic acids is 3. The van der Waals surface area contributed by atoms with E-state index in [1.165, 1.54) is 29.9 Å². The molecule has 0 aliphatic rings. The van der Waals surface area contributed by atoms with Gasteiger partial charge in [-0.05, 0) is 17.5 Å². The molecule has 2 heterocycles. The number of hydrogen-bond donors (Lipinski definition) is 1.